The van der Waals surface area contributed by atoms with Crippen molar-refractivity contribution in [3.05, 3.63) is 23.0 Å². The van der Waals surface area contributed by atoms with Crippen molar-refractivity contribution in [2.45, 2.75) is 6.92 Å². The van der Waals surface area contributed by atoms with Gasteiger partial charge in [0.2, 0.25) is 0 Å². The number of aromatic nitrogens is 2. The van der Waals surface area contributed by atoms with Gasteiger partial charge in [-0.25, -0.2) is 4.98 Å². The fourth-order valence-electron chi connectivity index (χ4n) is 0.898. The highest BCUT2D eigenvalue weighted by atomic mass is 35.5. The van der Waals surface area contributed by atoms with E-state index in [9.17, 15) is 0 Å². The Balaban J connectivity index is 2.87. The Hall–Kier alpha value is -1.09. The van der Waals surface area contributed by atoms with E-state index < -0.39 is 0 Å². The van der Waals surface area contributed by atoms with Crippen molar-refractivity contribution in [3.63, 3.8) is 0 Å². The molecule has 2 aromatic heterocycles. The van der Waals surface area contributed by atoms with E-state index in [2.05, 4.69) is 10.1 Å². The third-order valence-electron chi connectivity index (χ3n) is 1.42. The Morgan fingerprint density at radius 2 is 2.27 bits per heavy atom. The van der Waals surface area contributed by atoms with E-state index in [-0.39, 0.29) is 0 Å². The average molecular weight is 169 g/mol. The molecule has 2 rings (SSSR count). The van der Waals surface area contributed by atoms with Gasteiger partial charge in [-0.05, 0) is 19.1 Å². The number of rotatable bonds is 0. The molecule has 0 aliphatic carbocycles. The summed E-state index contributed by atoms with van der Waals surface area (Å²) >= 11 is 5.68. The van der Waals surface area contributed by atoms with Crippen molar-refractivity contribution in [2.75, 3.05) is 0 Å². The van der Waals surface area contributed by atoms with Gasteiger partial charge in [0.15, 0.2) is 10.7 Å². The second-order valence-corrected chi connectivity index (χ2v) is 2.63. The van der Waals surface area contributed by atoms with E-state index >= 15 is 0 Å². The minimum Gasteiger partial charge on any atom is -0.353 e. The predicted octanol–water partition coefficient (Wildman–Crippen LogP) is 2.18. The molecule has 4 heteroatoms. The molecule has 0 atom stereocenters. The van der Waals surface area contributed by atoms with Gasteiger partial charge in [-0.1, -0.05) is 16.8 Å². The second kappa shape index (κ2) is 2.20. The lowest BCUT2D eigenvalue weighted by atomic mass is 10.3. The molecule has 0 saturated heterocycles. The molecule has 56 valence electrons. The molecule has 0 aliphatic heterocycles. The topological polar surface area (TPSA) is 38.9 Å². The molecule has 0 spiro atoms. The van der Waals surface area contributed by atoms with E-state index in [1.54, 1.807) is 6.07 Å². The van der Waals surface area contributed by atoms with Crippen molar-refractivity contribution in [3.8, 4) is 0 Å². The predicted molar refractivity (Wildman–Crippen MR) is 41.6 cm³/mol. The van der Waals surface area contributed by atoms with E-state index in [4.69, 9.17) is 16.1 Å². The Kier molecular flexibility index (Phi) is 1.32. The largest absolute Gasteiger partial charge is 0.353 e. The van der Waals surface area contributed by atoms with E-state index in [1.165, 1.54) is 0 Å². The summed E-state index contributed by atoms with van der Waals surface area (Å²) < 4.78 is 4.86. The zero-order chi connectivity index (χ0) is 7.84. The van der Waals surface area contributed by atoms with Gasteiger partial charge in [0.25, 0.3) is 0 Å². The fraction of sp³-hybridized carbons (Fsp3) is 0.143. The summed E-state index contributed by atoms with van der Waals surface area (Å²) in [5, 5.41) is 3.89. The fourth-order valence-corrected chi connectivity index (χ4v) is 1.07. The van der Waals surface area contributed by atoms with Crippen LogP contribution in [0.1, 0.15) is 5.69 Å². The molecule has 2 aromatic rings. The summed E-state index contributed by atoms with van der Waals surface area (Å²) in [4.78, 5) is 4.15. The molecule has 0 N–H and O–H groups in total. The third kappa shape index (κ3) is 0.973. The van der Waals surface area contributed by atoms with Crippen molar-refractivity contribution in [1.29, 1.82) is 0 Å². The first-order chi connectivity index (χ1) is 5.27. The minimum absolute atomic E-state index is 0.323. The van der Waals surface area contributed by atoms with Crippen LogP contribution in [0.25, 0.3) is 11.1 Å². The van der Waals surface area contributed by atoms with E-state index in [1.807, 2.05) is 13.0 Å². The highest BCUT2D eigenvalue weighted by Crippen LogP contribution is 2.19. The SMILES string of the molecule is Cc1ccc2onc(Cl)c2n1. The number of pyridine rings is 1. The molecule has 0 unspecified atom stereocenters. The zero-order valence-corrected chi connectivity index (χ0v) is 6.59. The van der Waals surface area contributed by atoms with Crippen LogP contribution >= 0.6 is 11.6 Å². The first-order valence-corrected chi connectivity index (χ1v) is 3.54. The van der Waals surface area contributed by atoms with Crippen molar-refractivity contribution < 1.29 is 4.52 Å². The highest BCUT2D eigenvalue weighted by Gasteiger charge is 2.05. The Labute approximate surface area is 68.0 Å². The molecule has 0 amide bonds. The first kappa shape index (κ1) is 6.61. The zero-order valence-electron chi connectivity index (χ0n) is 5.84. The van der Waals surface area contributed by atoms with Crippen molar-refractivity contribution in [1.82, 2.24) is 10.1 Å². The van der Waals surface area contributed by atoms with Crippen LogP contribution in [-0.2, 0) is 0 Å². The number of hydrogen-bond donors (Lipinski definition) is 0. The molecule has 0 aromatic carbocycles. The lowest BCUT2D eigenvalue weighted by Crippen LogP contribution is -1.78. The molecular formula is C7H5ClN2O. The monoisotopic (exact) mass is 168 g/mol. The lowest BCUT2D eigenvalue weighted by molar-refractivity contribution is 0.456. The number of halogens is 1. The van der Waals surface area contributed by atoms with Crippen LogP contribution in [0.15, 0.2) is 16.7 Å². The summed E-state index contributed by atoms with van der Waals surface area (Å²) in [5.41, 5.74) is 2.16. The highest BCUT2D eigenvalue weighted by molar-refractivity contribution is 6.33. The lowest BCUT2D eigenvalue weighted by Gasteiger charge is -1.88. The van der Waals surface area contributed by atoms with Crippen LogP contribution in [0.4, 0.5) is 0 Å². The van der Waals surface area contributed by atoms with Crippen LogP contribution in [0.2, 0.25) is 5.15 Å². The summed E-state index contributed by atoms with van der Waals surface area (Å²) in [6, 6.07) is 3.65. The quantitative estimate of drug-likeness (QED) is 0.605. The van der Waals surface area contributed by atoms with Gasteiger partial charge >= 0.3 is 0 Å². The average Bonchev–Trinajstić information content (AvgIpc) is 2.33. The molecule has 0 radical (unpaired) electrons. The summed E-state index contributed by atoms with van der Waals surface area (Å²) in [6.07, 6.45) is 0. The Morgan fingerprint density at radius 1 is 1.45 bits per heavy atom. The van der Waals surface area contributed by atoms with Gasteiger partial charge in [0, 0.05) is 5.69 Å². The Morgan fingerprint density at radius 3 is 3.09 bits per heavy atom. The summed E-state index contributed by atoms with van der Waals surface area (Å²) in [6.45, 7) is 1.89. The molecule has 3 nitrogen and oxygen atoms in total. The van der Waals surface area contributed by atoms with Gasteiger partial charge in [0.1, 0.15) is 5.52 Å². The second-order valence-electron chi connectivity index (χ2n) is 2.27. The van der Waals surface area contributed by atoms with Crippen LogP contribution in [0.5, 0.6) is 0 Å². The smallest absolute Gasteiger partial charge is 0.198 e. The van der Waals surface area contributed by atoms with E-state index in [0.717, 1.165) is 5.69 Å². The number of nitrogens with zero attached hydrogens (tertiary/aromatic N) is 2. The maximum Gasteiger partial charge on any atom is 0.198 e. The maximum absolute atomic E-state index is 5.68. The third-order valence-corrected chi connectivity index (χ3v) is 1.67. The standard InChI is InChI=1S/C7H5ClN2O/c1-4-2-3-5-6(9-4)7(8)10-11-5/h2-3H,1H3. The number of aryl methyl sites for hydroxylation is 1. The van der Waals surface area contributed by atoms with E-state index in [0.29, 0.717) is 16.3 Å². The molecular weight excluding hydrogens is 164 g/mol. The molecule has 11 heavy (non-hydrogen) atoms. The molecule has 0 aliphatic rings. The number of fused-ring (bicyclic) bond motifs is 1. The molecule has 2 heterocycles. The Bertz CT molecular complexity index is 396. The van der Waals surface area contributed by atoms with Gasteiger partial charge in [-0.15, -0.1) is 0 Å². The van der Waals surface area contributed by atoms with Crippen LogP contribution in [0.3, 0.4) is 0 Å². The van der Waals surface area contributed by atoms with Gasteiger partial charge in [0.05, 0.1) is 0 Å². The minimum atomic E-state index is 0.323. The number of hydrogen-bond acceptors (Lipinski definition) is 3. The molecule has 0 bridgehead atoms. The van der Waals surface area contributed by atoms with Crippen LogP contribution < -0.4 is 0 Å². The van der Waals surface area contributed by atoms with Crippen LogP contribution in [0, 0.1) is 6.92 Å². The van der Waals surface area contributed by atoms with Crippen molar-refractivity contribution >= 4 is 22.7 Å². The van der Waals surface area contributed by atoms with Crippen molar-refractivity contribution in [2.24, 2.45) is 0 Å². The summed E-state index contributed by atoms with van der Waals surface area (Å²) in [7, 11) is 0. The first-order valence-electron chi connectivity index (χ1n) is 3.16. The normalized spacial score (nSPS) is 10.7. The van der Waals surface area contributed by atoms with Gasteiger partial charge < -0.3 is 4.52 Å². The summed E-state index contributed by atoms with van der Waals surface area (Å²) in [5.74, 6) is 0. The maximum atomic E-state index is 5.68. The van der Waals surface area contributed by atoms with Gasteiger partial charge in [-0.3, -0.25) is 0 Å². The van der Waals surface area contributed by atoms with Crippen LogP contribution in [-0.4, -0.2) is 10.1 Å². The molecule has 0 saturated carbocycles. The molecule has 0 fully saturated rings. The van der Waals surface area contributed by atoms with Gasteiger partial charge in [-0.2, -0.15) is 0 Å².